The summed E-state index contributed by atoms with van der Waals surface area (Å²) in [5, 5.41) is 7.65. The Morgan fingerprint density at radius 2 is 1.81 bits per heavy atom. The fraction of sp³-hybridized carbons (Fsp3) is 0.263. The first-order valence-electron chi connectivity index (χ1n) is 8.98. The van der Waals surface area contributed by atoms with Crippen LogP contribution in [0.25, 0.3) is 33.8 Å². The number of fused-ring (bicyclic) bond motifs is 1. The number of nitrogens with zero attached hydrogens (tertiary/aromatic N) is 5. The van der Waals surface area contributed by atoms with E-state index in [9.17, 15) is 0 Å². The van der Waals surface area contributed by atoms with Gasteiger partial charge in [-0.25, -0.2) is 9.61 Å². The van der Waals surface area contributed by atoms with E-state index in [2.05, 4.69) is 19.9 Å². The molecular weight excluding hydrogens is 342 g/mol. The molecule has 4 rings (SSSR count). The van der Waals surface area contributed by atoms with E-state index in [0.717, 1.165) is 48.1 Å². The monoisotopic (exact) mass is 363 g/mol. The summed E-state index contributed by atoms with van der Waals surface area (Å²) in [5.74, 6) is 0.865. The molecule has 0 spiro atoms. The van der Waals surface area contributed by atoms with Gasteiger partial charge in [0.2, 0.25) is 0 Å². The van der Waals surface area contributed by atoms with Gasteiger partial charge >= 0.3 is 0 Å². The summed E-state index contributed by atoms with van der Waals surface area (Å²) in [6, 6.07) is 12.0. The molecule has 0 aliphatic carbocycles. The third kappa shape index (κ3) is 3.26. The van der Waals surface area contributed by atoms with Crippen LogP contribution in [0.15, 0.2) is 47.2 Å². The maximum absolute atomic E-state index is 5.94. The van der Waals surface area contributed by atoms with Crippen molar-refractivity contribution in [1.29, 1.82) is 0 Å². The first kappa shape index (κ1) is 17.2. The Bertz CT molecular complexity index is 1040. The van der Waals surface area contributed by atoms with Crippen LogP contribution in [0.3, 0.4) is 0 Å². The molecule has 3 aromatic heterocycles. The maximum atomic E-state index is 5.94. The Labute approximate surface area is 156 Å². The molecule has 0 aliphatic rings. The summed E-state index contributed by atoms with van der Waals surface area (Å²) < 4.78 is 6.91. The second-order valence-electron chi connectivity index (χ2n) is 6.33. The molecule has 0 unspecified atom stereocenters. The van der Waals surface area contributed by atoms with Gasteiger partial charge in [-0.1, -0.05) is 36.8 Å². The number of nitrogens with two attached hydrogens (primary N) is 2. The van der Waals surface area contributed by atoms with Gasteiger partial charge in [-0.15, -0.1) is 0 Å². The number of anilines is 1. The van der Waals surface area contributed by atoms with Crippen LogP contribution in [0.1, 0.15) is 19.3 Å². The van der Waals surface area contributed by atoms with E-state index in [1.165, 1.54) is 0 Å². The predicted octanol–water partition coefficient (Wildman–Crippen LogP) is 2.86. The van der Waals surface area contributed by atoms with Gasteiger partial charge in [0.1, 0.15) is 5.52 Å². The third-order valence-electron chi connectivity index (χ3n) is 4.53. The van der Waals surface area contributed by atoms with Crippen molar-refractivity contribution in [3.8, 4) is 22.8 Å². The second-order valence-corrected chi connectivity index (χ2v) is 6.33. The number of imidazole rings is 1. The van der Waals surface area contributed by atoms with E-state index < -0.39 is 0 Å². The molecule has 8 nitrogen and oxygen atoms in total. The molecule has 0 amide bonds. The minimum absolute atomic E-state index is 0.225. The van der Waals surface area contributed by atoms with Gasteiger partial charge < -0.3 is 16.0 Å². The first-order chi connectivity index (χ1) is 13.3. The molecule has 4 aromatic rings. The molecule has 4 N–H and O–H groups in total. The van der Waals surface area contributed by atoms with Crippen molar-refractivity contribution in [2.75, 3.05) is 12.3 Å². The molecule has 0 atom stereocenters. The highest BCUT2D eigenvalue weighted by atomic mass is 16.6. The summed E-state index contributed by atoms with van der Waals surface area (Å²) in [7, 11) is 0. The smallest absolute Gasteiger partial charge is 0.199 e. The normalized spacial score (nSPS) is 11.3. The highest BCUT2D eigenvalue weighted by molar-refractivity contribution is 5.92. The van der Waals surface area contributed by atoms with Crippen LogP contribution in [-0.4, -0.2) is 31.4 Å². The average Bonchev–Trinajstić information content (AvgIpc) is 3.29. The average molecular weight is 363 g/mol. The number of unbranched alkanes of at least 4 members (excludes halogenated alkanes) is 2. The van der Waals surface area contributed by atoms with Gasteiger partial charge in [0, 0.05) is 18.3 Å². The van der Waals surface area contributed by atoms with E-state index in [1.54, 1.807) is 6.20 Å². The molecule has 0 aliphatic heterocycles. The predicted molar refractivity (Wildman–Crippen MR) is 104 cm³/mol. The Morgan fingerprint density at radius 3 is 2.56 bits per heavy atom. The van der Waals surface area contributed by atoms with Gasteiger partial charge in [-0.05, 0) is 35.8 Å². The lowest BCUT2D eigenvalue weighted by Crippen LogP contribution is -2.04. The highest BCUT2D eigenvalue weighted by Gasteiger charge is 2.21. The van der Waals surface area contributed by atoms with E-state index in [-0.39, 0.29) is 5.82 Å². The standard InChI is InChI=1S/C19H21N7O/c20-10-5-2-6-12-26-14-9-11-22-15(13-7-3-1-4-8-13)16(14)23-19(26)17-18(21)25-27-24-17/h1,3-4,7-9,11H,2,5-6,10,12,20H2,(H2,21,25). The van der Waals surface area contributed by atoms with Gasteiger partial charge in [-0.2, -0.15) is 0 Å². The van der Waals surface area contributed by atoms with Crippen LogP contribution in [0.5, 0.6) is 0 Å². The van der Waals surface area contributed by atoms with Crippen LogP contribution >= 0.6 is 0 Å². The molecule has 0 fully saturated rings. The lowest BCUT2D eigenvalue weighted by atomic mass is 10.1. The molecule has 138 valence electrons. The van der Waals surface area contributed by atoms with E-state index in [0.29, 0.717) is 18.1 Å². The first-order valence-corrected chi connectivity index (χ1v) is 8.98. The second kappa shape index (κ2) is 7.55. The summed E-state index contributed by atoms with van der Waals surface area (Å²) in [5.41, 5.74) is 15.6. The highest BCUT2D eigenvalue weighted by Crippen LogP contribution is 2.31. The molecule has 0 bridgehead atoms. The summed E-state index contributed by atoms with van der Waals surface area (Å²) in [6.45, 7) is 1.47. The molecule has 1 aromatic carbocycles. The van der Waals surface area contributed by atoms with Crippen molar-refractivity contribution in [1.82, 2.24) is 24.8 Å². The fourth-order valence-corrected chi connectivity index (χ4v) is 3.21. The largest absolute Gasteiger partial charge is 0.379 e. The third-order valence-corrected chi connectivity index (χ3v) is 4.53. The molecule has 0 radical (unpaired) electrons. The topological polar surface area (TPSA) is 122 Å². The summed E-state index contributed by atoms with van der Waals surface area (Å²) in [6.07, 6.45) is 4.81. The number of benzene rings is 1. The molecule has 27 heavy (non-hydrogen) atoms. The molecule has 0 saturated heterocycles. The van der Waals surface area contributed by atoms with Crippen LogP contribution in [-0.2, 0) is 6.54 Å². The van der Waals surface area contributed by atoms with Crippen LogP contribution in [0.2, 0.25) is 0 Å². The Kier molecular flexibility index (Phi) is 4.80. The van der Waals surface area contributed by atoms with Gasteiger partial charge in [0.15, 0.2) is 17.3 Å². The van der Waals surface area contributed by atoms with Crippen molar-refractivity contribution in [2.24, 2.45) is 5.73 Å². The maximum Gasteiger partial charge on any atom is 0.199 e. The zero-order valence-electron chi connectivity index (χ0n) is 14.9. The Balaban J connectivity index is 1.86. The molecule has 3 heterocycles. The lowest BCUT2D eigenvalue weighted by molar-refractivity contribution is 0.310. The zero-order valence-corrected chi connectivity index (χ0v) is 14.9. The number of pyridine rings is 1. The minimum atomic E-state index is 0.225. The van der Waals surface area contributed by atoms with E-state index in [4.69, 9.17) is 21.1 Å². The van der Waals surface area contributed by atoms with Crippen LogP contribution in [0, 0.1) is 0 Å². The van der Waals surface area contributed by atoms with Gasteiger partial charge in [0.05, 0.1) is 11.2 Å². The lowest BCUT2D eigenvalue weighted by Gasteiger charge is -2.08. The number of aryl methyl sites for hydroxylation is 1. The van der Waals surface area contributed by atoms with E-state index in [1.807, 2.05) is 36.4 Å². The van der Waals surface area contributed by atoms with Crippen molar-refractivity contribution >= 4 is 16.9 Å². The van der Waals surface area contributed by atoms with Crippen LogP contribution in [0.4, 0.5) is 5.82 Å². The number of nitrogen functional groups attached to an aromatic ring is 1. The summed E-state index contributed by atoms with van der Waals surface area (Å²) >= 11 is 0. The minimum Gasteiger partial charge on any atom is -0.379 e. The SMILES string of the molecule is NCCCCCn1c(-c2nonc2N)nc2c(-c3ccccc3)nccc21. The molecule has 8 heteroatoms. The van der Waals surface area contributed by atoms with Gasteiger partial charge in [-0.3, -0.25) is 4.98 Å². The van der Waals surface area contributed by atoms with Crippen molar-refractivity contribution in [2.45, 2.75) is 25.8 Å². The van der Waals surface area contributed by atoms with E-state index >= 15 is 0 Å². The van der Waals surface area contributed by atoms with Gasteiger partial charge in [0.25, 0.3) is 0 Å². The Morgan fingerprint density at radius 1 is 0.963 bits per heavy atom. The number of hydrogen-bond acceptors (Lipinski definition) is 7. The van der Waals surface area contributed by atoms with Crippen molar-refractivity contribution in [3.63, 3.8) is 0 Å². The quantitative estimate of drug-likeness (QED) is 0.484. The van der Waals surface area contributed by atoms with Crippen molar-refractivity contribution in [3.05, 3.63) is 42.6 Å². The number of rotatable bonds is 7. The molecular formula is C19H21N7O. The zero-order chi connectivity index (χ0) is 18.6. The summed E-state index contributed by atoms with van der Waals surface area (Å²) in [4.78, 5) is 9.39. The van der Waals surface area contributed by atoms with Crippen LogP contribution < -0.4 is 11.5 Å². The Hall–Kier alpha value is -3.26. The number of hydrogen-bond donors (Lipinski definition) is 2. The number of aromatic nitrogens is 5. The fourth-order valence-electron chi connectivity index (χ4n) is 3.21. The molecule has 0 saturated carbocycles. The van der Waals surface area contributed by atoms with Crippen molar-refractivity contribution < 1.29 is 4.63 Å².